The minimum atomic E-state index is -0.895. The van der Waals surface area contributed by atoms with Gasteiger partial charge in [-0.15, -0.1) is 0 Å². The third-order valence-corrected chi connectivity index (χ3v) is 6.59. The lowest BCUT2D eigenvalue weighted by atomic mass is 9.82. The Balaban J connectivity index is 1.39. The number of carboxylic acids is 1. The van der Waals surface area contributed by atoms with Crippen LogP contribution in [0.3, 0.4) is 0 Å². The van der Waals surface area contributed by atoms with E-state index in [1.54, 1.807) is 12.1 Å². The zero-order chi connectivity index (χ0) is 22.8. The molecule has 0 aliphatic carbocycles. The molecule has 4 heteroatoms. The number of hydrogen-bond acceptors (Lipinski definition) is 3. The predicted octanol–water partition coefficient (Wildman–Crippen LogP) is 6.17. The van der Waals surface area contributed by atoms with E-state index in [-0.39, 0.29) is 18.1 Å². The lowest BCUT2D eigenvalue weighted by Gasteiger charge is -2.34. The molecule has 0 saturated heterocycles. The fraction of sp³-hybridized carbons (Fsp3) is 0.207. The van der Waals surface area contributed by atoms with Crippen LogP contribution < -0.4 is 10.1 Å². The molecule has 0 aromatic heterocycles. The van der Waals surface area contributed by atoms with Gasteiger partial charge in [-0.05, 0) is 47.4 Å². The van der Waals surface area contributed by atoms with Crippen molar-refractivity contribution < 1.29 is 14.6 Å². The van der Waals surface area contributed by atoms with Crippen LogP contribution in [-0.4, -0.2) is 23.7 Å². The van der Waals surface area contributed by atoms with Crippen molar-refractivity contribution in [2.24, 2.45) is 0 Å². The summed E-state index contributed by atoms with van der Waals surface area (Å²) in [7, 11) is 0. The summed E-state index contributed by atoms with van der Waals surface area (Å²) in [5, 5.41) is 15.9. The number of ether oxygens (including phenoxy) is 1. The molecule has 2 unspecified atom stereocenters. The minimum absolute atomic E-state index is 0.0260. The molecule has 4 aromatic carbocycles. The van der Waals surface area contributed by atoms with Crippen molar-refractivity contribution in [2.45, 2.75) is 31.4 Å². The average molecular weight is 438 g/mol. The fourth-order valence-corrected chi connectivity index (χ4v) is 4.95. The Kier molecular flexibility index (Phi) is 5.84. The van der Waals surface area contributed by atoms with Crippen molar-refractivity contribution in [1.82, 2.24) is 5.32 Å². The van der Waals surface area contributed by atoms with E-state index in [1.165, 1.54) is 16.3 Å². The maximum Gasteiger partial charge on any atom is 0.335 e. The summed E-state index contributed by atoms with van der Waals surface area (Å²) < 4.78 is 6.35. The van der Waals surface area contributed by atoms with E-state index in [2.05, 4.69) is 54.7 Å². The largest absolute Gasteiger partial charge is 0.489 e. The van der Waals surface area contributed by atoms with Crippen LogP contribution in [-0.2, 0) is 0 Å². The van der Waals surface area contributed by atoms with Crippen molar-refractivity contribution in [1.29, 1.82) is 0 Å². The molecule has 0 radical (unpaired) electrons. The van der Waals surface area contributed by atoms with Gasteiger partial charge in [-0.3, -0.25) is 0 Å². The number of carbonyl (C=O) groups is 1. The quantitative estimate of drug-likeness (QED) is 0.379. The Morgan fingerprint density at radius 2 is 1.64 bits per heavy atom. The maximum atomic E-state index is 11.9. The SMILES string of the molecule is CC(NC[C@@H]1CC(c2ccccc2C(=O)O)c2ccccc2O1)c1cccc2ccccc12. The van der Waals surface area contributed by atoms with Crippen molar-refractivity contribution in [3.05, 3.63) is 113 Å². The van der Waals surface area contributed by atoms with Crippen molar-refractivity contribution in [3.8, 4) is 5.75 Å². The number of aromatic carboxylic acids is 1. The number of fused-ring (bicyclic) bond motifs is 2. The normalized spacial score (nSPS) is 18.3. The van der Waals surface area contributed by atoms with Crippen LogP contribution in [0, 0.1) is 0 Å². The van der Waals surface area contributed by atoms with E-state index < -0.39 is 5.97 Å². The highest BCUT2D eigenvalue weighted by molar-refractivity contribution is 5.90. The summed E-state index contributed by atoms with van der Waals surface area (Å²) in [4.78, 5) is 11.9. The van der Waals surface area contributed by atoms with Gasteiger partial charge >= 0.3 is 5.97 Å². The zero-order valence-corrected chi connectivity index (χ0v) is 18.6. The Morgan fingerprint density at radius 1 is 0.939 bits per heavy atom. The molecule has 1 aliphatic heterocycles. The van der Waals surface area contributed by atoms with Crippen molar-refractivity contribution in [3.63, 3.8) is 0 Å². The Morgan fingerprint density at radius 3 is 2.48 bits per heavy atom. The van der Waals surface area contributed by atoms with Crippen molar-refractivity contribution >= 4 is 16.7 Å². The van der Waals surface area contributed by atoms with E-state index >= 15 is 0 Å². The third kappa shape index (κ3) is 4.22. The van der Waals surface area contributed by atoms with Crippen LogP contribution in [0.1, 0.15) is 52.4 Å². The molecule has 0 bridgehead atoms. The number of benzene rings is 4. The second-order valence-electron chi connectivity index (χ2n) is 8.66. The molecule has 0 fully saturated rings. The first-order valence-corrected chi connectivity index (χ1v) is 11.4. The molecule has 1 heterocycles. The van der Waals surface area contributed by atoms with Gasteiger partial charge in [0.2, 0.25) is 0 Å². The number of carboxylic acid groups (broad SMARTS) is 1. The van der Waals surface area contributed by atoms with Gasteiger partial charge in [0.15, 0.2) is 0 Å². The molecule has 166 valence electrons. The van der Waals surface area contributed by atoms with E-state index in [0.29, 0.717) is 12.1 Å². The van der Waals surface area contributed by atoms with Gasteiger partial charge in [0.25, 0.3) is 0 Å². The summed E-state index contributed by atoms with van der Waals surface area (Å²) >= 11 is 0. The highest BCUT2D eigenvalue weighted by atomic mass is 16.5. The third-order valence-electron chi connectivity index (χ3n) is 6.59. The summed E-state index contributed by atoms with van der Waals surface area (Å²) in [6.07, 6.45) is 0.653. The predicted molar refractivity (Wildman–Crippen MR) is 131 cm³/mol. The molecule has 33 heavy (non-hydrogen) atoms. The average Bonchev–Trinajstić information content (AvgIpc) is 2.86. The summed E-state index contributed by atoms with van der Waals surface area (Å²) in [5.74, 6) is -0.0886. The first-order chi connectivity index (χ1) is 16.1. The number of rotatable bonds is 6. The van der Waals surface area contributed by atoms with Gasteiger partial charge in [-0.25, -0.2) is 4.79 Å². The van der Waals surface area contributed by atoms with Crippen LogP contribution >= 0.6 is 0 Å². The van der Waals surface area contributed by atoms with Gasteiger partial charge in [0.1, 0.15) is 11.9 Å². The van der Waals surface area contributed by atoms with Crippen LogP contribution in [0.5, 0.6) is 5.75 Å². The molecular formula is C29H27NO3. The molecule has 0 amide bonds. The molecule has 1 aliphatic rings. The standard InChI is InChI=1S/C29H27NO3/c1-19(22-15-8-10-20-9-2-3-11-23(20)22)30-18-21-17-27(25-13-6-7-16-28(25)33-21)24-12-4-5-14-26(24)29(31)32/h2-16,19,21,27,30H,17-18H2,1H3,(H,31,32)/t19?,21-,27?/m0/s1. The Labute approximate surface area is 193 Å². The van der Waals surface area contributed by atoms with Crippen LogP contribution in [0.25, 0.3) is 10.8 Å². The monoisotopic (exact) mass is 437 g/mol. The van der Waals surface area contributed by atoms with Gasteiger partial charge < -0.3 is 15.2 Å². The molecular weight excluding hydrogens is 410 g/mol. The zero-order valence-electron chi connectivity index (χ0n) is 18.6. The molecule has 4 nitrogen and oxygen atoms in total. The summed E-state index contributed by atoms with van der Waals surface area (Å²) in [6, 6.07) is 30.3. The molecule has 3 atom stereocenters. The van der Waals surface area contributed by atoms with Crippen LogP contribution in [0.15, 0.2) is 91.0 Å². The van der Waals surface area contributed by atoms with Gasteiger partial charge in [-0.1, -0.05) is 78.9 Å². The minimum Gasteiger partial charge on any atom is -0.489 e. The molecule has 0 spiro atoms. The van der Waals surface area contributed by atoms with Gasteiger partial charge in [0, 0.05) is 24.1 Å². The first kappa shape index (κ1) is 21.2. The molecule has 2 N–H and O–H groups in total. The van der Waals surface area contributed by atoms with Crippen LogP contribution in [0.2, 0.25) is 0 Å². The molecule has 4 aromatic rings. The lowest BCUT2D eigenvalue weighted by molar-refractivity contribution is 0.0694. The highest BCUT2D eigenvalue weighted by Gasteiger charge is 2.31. The Hall–Kier alpha value is -3.63. The molecule has 5 rings (SSSR count). The second-order valence-corrected chi connectivity index (χ2v) is 8.66. The fourth-order valence-electron chi connectivity index (χ4n) is 4.95. The van der Waals surface area contributed by atoms with Crippen molar-refractivity contribution in [2.75, 3.05) is 6.54 Å². The smallest absolute Gasteiger partial charge is 0.335 e. The first-order valence-electron chi connectivity index (χ1n) is 11.4. The van der Waals surface area contributed by atoms with E-state index in [1.807, 2.05) is 36.4 Å². The molecule has 0 saturated carbocycles. The van der Waals surface area contributed by atoms with E-state index in [9.17, 15) is 9.90 Å². The number of hydrogen-bond donors (Lipinski definition) is 2. The van der Waals surface area contributed by atoms with Gasteiger partial charge in [0.05, 0.1) is 5.56 Å². The summed E-state index contributed by atoms with van der Waals surface area (Å²) in [6.45, 7) is 2.85. The Bertz CT molecular complexity index is 1290. The van der Waals surface area contributed by atoms with E-state index in [4.69, 9.17) is 4.74 Å². The number of para-hydroxylation sites is 1. The second kappa shape index (κ2) is 9.08. The van der Waals surface area contributed by atoms with Gasteiger partial charge in [-0.2, -0.15) is 0 Å². The number of nitrogens with one attached hydrogen (secondary N) is 1. The van der Waals surface area contributed by atoms with Crippen LogP contribution in [0.4, 0.5) is 0 Å². The highest BCUT2D eigenvalue weighted by Crippen LogP contribution is 2.41. The summed E-state index contributed by atoms with van der Waals surface area (Å²) in [5.41, 5.74) is 3.50. The lowest BCUT2D eigenvalue weighted by Crippen LogP contribution is -2.37. The van der Waals surface area contributed by atoms with E-state index in [0.717, 1.165) is 23.3 Å². The maximum absolute atomic E-state index is 11.9. The topological polar surface area (TPSA) is 58.6 Å².